The standard InChI is InChI=1S/C13H24N4O2/c1-10(2)7-13(18)14-5-6-19-9-12-8-17(11(3)4)16-15-12/h8,10-11H,5-7,9H2,1-4H3,(H,14,18). The van der Waals surface area contributed by atoms with E-state index in [-0.39, 0.29) is 5.91 Å². The van der Waals surface area contributed by atoms with Gasteiger partial charge < -0.3 is 10.1 Å². The highest BCUT2D eigenvalue weighted by molar-refractivity contribution is 5.75. The van der Waals surface area contributed by atoms with Gasteiger partial charge in [0.2, 0.25) is 5.91 Å². The van der Waals surface area contributed by atoms with Crippen molar-refractivity contribution >= 4 is 5.91 Å². The molecule has 0 spiro atoms. The molecule has 0 aliphatic heterocycles. The minimum Gasteiger partial charge on any atom is -0.373 e. The fourth-order valence-corrected chi connectivity index (χ4v) is 1.51. The first-order valence-corrected chi connectivity index (χ1v) is 6.74. The van der Waals surface area contributed by atoms with E-state index in [1.165, 1.54) is 0 Å². The molecule has 6 heteroatoms. The molecule has 1 rings (SSSR count). The number of amides is 1. The maximum Gasteiger partial charge on any atom is 0.220 e. The first kappa shape index (κ1) is 15.6. The topological polar surface area (TPSA) is 69.0 Å². The smallest absolute Gasteiger partial charge is 0.220 e. The molecule has 0 aliphatic carbocycles. The average Bonchev–Trinajstić information content (AvgIpc) is 2.76. The van der Waals surface area contributed by atoms with E-state index in [0.717, 1.165) is 5.69 Å². The van der Waals surface area contributed by atoms with Crippen LogP contribution in [0.1, 0.15) is 45.9 Å². The Hall–Kier alpha value is -1.43. The van der Waals surface area contributed by atoms with E-state index in [1.807, 2.05) is 33.9 Å². The number of nitrogens with zero attached hydrogens (tertiary/aromatic N) is 3. The molecule has 0 bridgehead atoms. The second-order valence-electron chi connectivity index (χ2n) is 5.28. The number of aromatic nitrogens is 3. The van der Waals surface area contributed by atoms with E-state index in [0.29, 0.717) is 38.1 Å². The Morgan fingerprint density at radius 2 is 2.16 bits per heavy atom. The third-order valence-electron chi connectivity index (χ3n) is 2.50. The lowest BCUT2D eigenvalue weighted by molar-refractivity contribution is -0.122. The van der Waals surface area contributed by atoms with Crippen LogP contribution in [0.3, 0.4) is 0 Å². The number of rotatable bonds is 8. The highest BCUT2D eigenvalue weighted by Gasteiger charge is 2.05. The maximum absolute atomic E-state index is 11.4. The van der Waals surface area contributed by atoms with Gasteiger partial charge in [-0.15, -0.1) is 5.10 Å². The molecule has 0 atom stereocenters. The Kier molecular flexibility index (Phi) is 6.49. The molecule has 0 saturated heterocycles. The van der Waals surface area contributed by atoms with Gasteiger partial charge in [0.25, 0.3) is 0 Å². The van der Waals surface area contributed by atoms with Crippen molar-refractivity contribution in [3.05, 3.63) is 11.9 Å². The minimum absolute atomic E-state index is 0.0735. The van der Waals surface area contributed by atoms with Gasteiger partial charge in [-0.2, -0.15) is 0 Å². The van der Waals surface area contributed by atoms with Crippen LogP contribution in [0.15, 0.2) is 6.20 Å². The molecule has 0 unspecified atom stereocenters. The molecule has 1 N–H and O–H groups in total. The summed E-state index contributed by atoms with van der Waals surface area (Å²) < 4.78 is 7.23. The van der Waals surface area contributed by atoms with E-state index in [2.05, 4.69) is 15.6 Å². The summed E-state index contributed by atoms with van der Waals surface area (Å²) in [7, 11) is 0. The zero-order valence-electron chi connectivity index (χ0n) is 12.2. The zero-order valence-corrected chi connectivity index (χ0v) is 12.2. The second kappa shape index (κ2) is 7.89. The van der Waals surface area contributed by atoms with E-state index in [4.69, 9.17) is 4.74 Å². The molecule has 0 fully saturated rings. The van der Waals surface area contributed by atoms with Crippen LogP contribution in [-0.2, 0) is 16.1 Å². The van der Waals surface area contributed by atoms with Crippen LogP contribution in [0.4, 0.5) is 0 Å². The largest absolute Gasteiger partial charge is 0.373 e. The molecule has 1 aromatic heterocycles. The van der Waals surface area contributed by atoms with Crippen LogP contribution in [0, 0.1) is 5.92 Å². The van der Waals surface area contributed by atoms with Gasteiger partial charge in [-0.05, 0) is 19.8 Å². The third kappa shape index (κ3) is 6.33. The van der Waals surface area contributed by atoms with Gasteiger partial charge in [0, 0.05) is 19.0 Å². The molecular weight excluding hydrogens is 244 g/mol. The number of hydrogen-bond acceptors (Lipinski definition) is 4. The molecule has 0 aliphatic rings. The highest BCUT2D eigenvalue weighted by Crippen LogP contribution is 2.03. The highest BCUT2D eigenvalue weighted by atomic mass is 16.5. The lowest BCUT2D eigenvalue weighted by atomic mass is 10.1. The van der Waals surface area contributed by atoms with Crippen molar-refractivity contribution in [3.63, 3.8) is 0 Å². The fourth-order valence-electron chi connectivity index (χ4n) is 1.51. The Morgan fingerprint density at radius 3 is 2.74 bits per heavy atom. The predicted octanol–water partition coefficient (Wildman–Crippen LogP) is 1.54. The van der Waals surface area contributed by atoms with Gasteiger partial charge in [0.05, 0.1) is 19.4 Å². The van der Waals surface area contributed by atoms with Gasteiger partial charge in [-0.3, -0.25) is 4.79 Å². The van der Waals surface area contributed by atoms with Crippen LogP contribution in [0.5, 0.6) is 0 Å². The minimum atomic E-state index is 0.0735. The van der Waals surface area contributed by atoms with Gasteiger partial charge in [-0.1, -0.05) is 19.1 Å². The number of nitrogens with one attached hydrogen (secondary N) is 1. The van der Waals surface area contributed by atoms with Crippen molar-refractivity contribution in [2.75, 3.05) is 13.2 Å². The molecular formula is C13H24N4O2. The molecule has 0 saturated carbocycles. The first-order valence-electron chi connectivity index (χ1n) is 6.74. The van der Waals surface area contributed by atoms with Crippen molar-refractivity contribution < 1.29 is 9.53 Å². The van der Waals surface area contributed by atoms with Crippen molar-refractivity contribution in [2.45, 2.75) is 46.8 Å². The van der Waals surface area contributed by atoms with Gasteiger partial charge in [-0.25, -0.2) is 4.68 Å². The van der Waals surface area contributed by atoms with E-state index < -0.39 is 0 Å². The normalized spacial score (nSPS) is 11.3. The number of ether oxygens (including phenoxy) is 1. The summed E-state index contributed by atoms with van der Waals surface area (Å²) in [5.41, 5.74) is 0.808. The van der Waals surface area contributed by atoms with Gasteiger partial charge in [0.15, 0.2) is 0 Å². The van der Waals surface area contributed by atoms with Crippen LogP contribution >= 0.6 is 0 Å². The summed E-state index contributed by atoms with van der Waals surface area (Å²) in [4.78, 5) is 11.4. The van der Waals surface area contributed by atoms with Gasteiger partial charge >= 0.3 is 0 Å². The summed E-state index contributed by atoms with van der Waals surface area (Å²) in [6, 6.07) is 0.302. The average molecular weight is 268 g/mol. The summed E-state index contributed by atoms with van der Waals surface area (Å²) in [6.45, 7) is 9.57. The molecule has 1 amide bonds. The van der Waals surface area contributed by atoms with E-state index >= 15 is 0 Å². The Morgan fingerprint density at radius 1 is 1.42 bits per heavy atom. The van der Waals surface area contributed by atoms with Crippen LogP contribution in [0.2, 0.25) is 0 Å². The number of carbonyl (C=O) groups excluding carboxylic acids is 1. The number of carbonyl (C=O) groups is 1. The van der Waals surface area contributed by atoms with Crippen molar-refractivity contribution in [1.29, 1.82) is 0 Å². The molecule has 0 radical (unpaired) electrons. The van der Waals surface area contributed by atoms with Crippen molar-refractivity contribution in [1.82, 2.24) is 20.3 Å². The van der Waals surface area contributed by atoms with Crippen LogP contribution in [0.25, 0.3) is 0 Å². The maximum atomic E-state index is 11.4. The van der Waals surface area contributed by atoms with E-state index in [1.54, 1.807) is 4.68 Å². The van der Waals surface area contributed by atoms with Crippen molar-refractivity contribution in [2.24, 2.45) is 5.92 Å². The van der Waals surface area contributed by atoms with Crippen LogP contribution < -0.4 is 5.32 Å². The molecule has 6 nitrogen and oxygen atoms in total. The quantitative estimate of drug-likeness (QED) is 0.726. The zero-order chi connectivity index (χ0) is 14.3. The lowest BCUT2D eigenvalue weighted by Gasteiger charge is -2.07. The Balaban J connectivity index is 2.12. The summed E-state index contributed by atoms with van der Waals surface area (Å²) >= 11 is 0. The monoisotopic (exact) mass is 268 g/mol. The Labute approximate surface area is 114 Å². The summed E-state index contributed by atoms with van der Waals surface area (Å²) in [5, 5.41) is 10.8. The molecule has 1 heterocycles. The van der Waals surface area contributed by atoms with Crippen molar-refractivity contribution in [3.8, 4) is 0 Å². The van der Waals surface area contributed by atoms with Crippen LogP contribution in [-0.4, -0.2) is 34.1 Å². The van der Waals surface area contributed by atoms with Gasteiger partial charge in [0.1, 0.15) is 5.69 Å². The third-order valence-corrected chi connectivity index (χ3v) is 2.50. The molecule has 1 aromatic rings. The lowest BCUT2D eigenvalue weighted by Crippen LogP contribution is -2.28. The molecule has 0 aromatic carbocycles. The fraction of sp³-hybridized carbons (Fsp3) is 0.769. The van der Waals surface area contributed by atoms with E-state index in [9.17, 15) is 4.79 Å². The first-order chi connectivity index (χ1) is 8.99. The SMILES string of the molecule is CC(C)CC(=O)NCCOCc1cn(C(C)C)nn1. The summed E-state index contributed by atoms with van der Waals surface area (Å²) in [6.07, 6.45) is 2.44. The predicted molar refractivity (Wildman–Crippen MR) is 72.5 cm³/mol. The second-order valence-corrected chi connectivity index (χ2v) is 5.28. The summed E-state index contributed by atoms with van der Waals surface area (Å²) in [5.74, 6) is 0.455. The molecule has 108 valence electrons. The molecule has 19 heavy (non-hydrogen) atoms. The number of hydrogen-bond donors (Lipinski definition) is 1. The Bertz CT molecular complexity index is 388.